The molecule has 3 rings (SSSR count). The van der Waals surface area contributed by atoms with E-state index in [1.807, 2.05) is 30.3 Å². The second-order valence-corrected chi connectivity index (χ2v) is 7.29. The van der Waals surface area contributed by atoms with E-state index in [1.165, 1.54) is 11.1 Å². The molecule has 0 radical (unpaired) electrons. The van der Waals surface area contributed by atoms with Crippen LogP contribution in [0.5, 0.6) is 0 Å². The van der Waals surface area contributed by atoms with Gasteiger partial charge in [0, 0.05) is 5.56 Å². The second-order valence-electron chi connectivity index (χ2n) is 7.29. The lowest BCUT2D eigenvalue weighted by molar-refractivity contribution is 0.590. The van der Waals surface area contributed by atoms with Gasteiger partial charge in [0.15, 0.2) is 0 Å². The Kier molecular flexibility index (Phi) is 4.33. The van der Waals surface area contributed by atoms with Crippen molar-refractivity contribution in [3.8, 4) is 28.3 Å². The zero-order valence-corrected chi connectivity index (χ0v) is 14.9. The first-order valence-corrected chi connectivity index (χ1v) is 8.40. The molecule has 0 spiro atoms. The number of para-hydroxylation sites is 1. The Balaban J connectivity index is 2.26. The fourth-order valence-corrected chi connectivity index (χ4v) is 2.93. The molecule has 3 aromatic rings. The number of hydrogen-bond donors (Lipinski definition) is 1. The zero-order chi connectivity index (χ0) is 18.0. The van der Waals surface area contributed by atoms with E-state index in [0.717, 1.165) is 16.7 Å². The van der Waals surface area contributed by atoms with Crippen LogP contribution in [0.3, 0.4) is 0 Å². The quantitative estimate of drug-likeness (QED) is 0.608. The smallest absolute Gasteiger partial charge is 0.101 e. The lowest BCUT2D eigenvalue weighted by Gasteiger charge is -2.22. The van der Waals surface area contributed by atoms with Gasteiger partial charge in [-0.1, -0.05) is 75.4 Å². The van der Waals surface area contributed by atoms with Crippen LogP contribution in [0.25, 0.3) is 22.3 Å². The van der Waals surface area contributed by atoms with Crippen molar-refractivity contribution in [2.75, 3.05) is 5.73 Å². The molecule has 0 saturated carbocycles. The van der Waals surface area contributed by atoms with E-state index in [1.54, 1.807) is 6.07 Å². The van der Waals surface area contributed by atoms with Crippen molar-refractivity contribution in [2.24, 2.45) is 0 Å². The molecule has 0 fully saturated rings. The highest BCUT2D eigenvalue weighted by atomic mass is 14.6. The van der Waals surface area contributed by atoms with Crippen LogP contribution >= 0.6 is 0 Å². The first-order valence-electron chi connectivity index (χ1n) is 8.40. The molecule has 0 bridgehead atoms. The first kappa shape index (κ1) is 16.8. The largest absolute Gasteiger partial charge is 0.397 e. The minimum atomic E-state index is 0.0150. The molecule has 0 heterocycles. The first-order chi connectivity index (χ1) is 11.9. The minimum absolute atomic E-state index is 0.0150. The Bertz CT molecular complexity index is 942. The van der Waals surface area contributed by atoms with Gasteiger partial charge in [0.2, 0.25) is 0 Å². The van der Waals surface area contributed by atoms with Gasteiger partial charge in [0.1, 0.15) is 6.07 Å². The lowest BCUT2D eigenvalue weighted by atomic mass is 9.83. The van der Waals surface area contributed by atoms with Crippen molar-refractivity contribution in [3.05, 3.63) is 77.9 Å². The normalized spacial score (nSPS) is 11.1. The summed E-state index contributed by atoms with van der Waals surface area (Å²) in [6, 6.07) is 24.7. The third kappa shape index (κ3) is 3.41. The van der Waals surface area contributed by atoms with Crippen LogP contribution in [-0.4, -0.2) is 0 Å². The highest BCUT2D eigenvalue weighted by molar-refractivity contribution is 5.83. The Morgan fingerprint density at radius 3 is 2.12 bits per heavy atom. The molecule has 2 N–H and O–H groups in total. The standard InChI is InChI=1S/C23H22N2/c1-23(2,3)20-13-18(16-8-5-4-6-9-16)12-19(14-20)21-11-7-10-17(15-24)22(21)25/h4-14H,25H2,1-3H3. The maximum absolute atomic E-state index is 9.28. The minimum Gasteiger partial charge on any atom is -0.397 e. The fourth-order valence-electron chi connectivity index (χ4n) is 2.93. The Morgan fingerprint density at radius 2 is 1.48 bits per heavy atom. The van der Waals surface area contributed by atoms with E-state index >= 15 is 0 Å². The van der Waals surface area contributed by atoms with Crippen LogP contribution in [0, 0.1) is 11.3 Å². The van der Waals surface area contributed by atoms with Crippen molar-refractivity contribution in [2.45, 2.75) is 26.2 Å². The predicted molar refractivity (Wildman–Crippen MR) is 105 cm³/mol. The summed E-state index contributed by atoms with van der Waals surface area (Å²) in [4.78, 5) is 0. The Labute approximate surface area is 149 Å². The molecule has 0 unspecified atom stereocenters. The van der Waals surface area contributed by atoms with Gasteiger partial charge in [-0.25, -0.2) is 0 Å². The van der Waals surface area contributed by atoms with Gasteiger partial charge in [-0.2, -0.15) is 5.26 Å². The zero-order valence-electron chi connectivity index (χ0n) is 14.9. The molecule has 0 aliphatic heterocycles. The van der Waals surface area contributed by atoms with E-state index in [4.69, 9.17) is 5.73 Å². The van der Waals surface area contributed by atoms with Gasteiger partial charge in [0.25, 0.3) is 0 Å². The van der Waals surface area contributed by atoms with Gasteiger partial charge >= 0.3 is 0 Å². The van der Waals surface area contributed by atoms with Crippen molar-refractivity contribution < 1.29 is 0 Å². The number of rotatable bonds is 2. The fraction of sp³-hybridized carbons (Fsp3) is 0.174. The summed E-state index contributed by atoms with van der Waals surface area (Å²) in [5.74, 6) is 0. The van der Waals surface area contributed by atoms with E-state index in [9.17, 15) is 5.26 Å². The van der Waals surface area contributed by atoms with Crippen LogP contribution < -0.4 is 5.73 Å². The molecule has 0 amide bonds. The number of hydrogen-bond acceptors (Lipinski definition) is 2. The van der Waals surface area contributed by atoms with Gasteiger partial charge in [-0.05, 0) is 39.8 Å². The highest BCUT2D eigenvalue weighted by Gasteiger charge is 2.17. The average Bonchev–Trinajstić information content (AvgIpc) is 2.61. The summed E-state index contributed by atoms with van der Waals surface area (Å²) in [6.07, 6.45) is 0. The molecule has 25 heavy (non-hydrogen) atoms. The van der Waals surface area contributed by atoms with Crippen LogP contribution in [0.2, 0.25) is 0 Å². The van der Waals surface area contributed by atoms with Gasteiger partial charge in [0.05, 0.1) is 11.3 Å². The van der Waals surface area contributed by atoms with E-state index in [-0.39, 0.29) is 5.41 Å². The SMILES string of the molecule is CC(C)(C)c1cc(-c2ccccc2)cc(-c2cccc(C#N)c2N)c1. The predicted octanol–water partition coefficient (Wildman–Crippen LogP) is 5.77. The monoisotopic (exact) mass is 326 g/mol. The topological polar surface area (TPSA) is 49.8 Å². The van der Waals surface area contributed by atoms with Crippen LogP contribution in [-0.2, 0) is 5.41 Å². The van der Waals surface area contributed by atoms with Crippen molar-refractivity contribution >= 4 is 5.69 Å². The summed E-state index contributed by atoms with van der Waals surface area (Å²) in [5, 5.41) is 9.28. The molecule has 0 atom stereocenters. The summed E-state index contributed by atoms with van der Waals surface area (Å²) < 4.78 is 0. The van der Waals surface area contributed by atoms with Gasteiger partial charge in [-0.3, -0.25) is 0 Å². The third-order valence-electron chi connectivity index (χ3n) is 4.44. The number of nitrogen functional groups attached to an aromatic ring is 1. The van der Waals surface area contributed by atoms with E-state index in [0.29, 0.717) is 11.3 Å². The molecule has 0 aromatic heterocycles. The highest BCUT2D eigenvalue weighted by Crippen LogP contribution is 2.36. The van der Waals surface area contributed by atoms with Crippen molar-refractivity contribution in [1.29, 1.82) is 5.26 Å². The Morgan fingerprint density at radius 1 is 0.800 bits per heavy atom. The van der Waals surface area contributed by atoms with Gasteiger partial charge < -0.3 is 5.73 Å². The molecule has 3 aromatic carbocycles. The third-order valence-corrected chi connectivity index (χ3v) is 4.44. The van der Waals surface area contributed by atoms with Crippen molar-refractivity contribution in [1.82, 2.24) is 0 Å². The lowest BCUT2D eigenvalue weighted by Crippen LogP contribution is -2.11. The molecule has 0 saturated heterocycles. The maximum atomic E-state index is 9.28. The number of nitrogens with two attached hydrogens (primary N) is 1. The van der Waals surface area contributed by atoms with Crippen LogP contribution in [0.1, 0.15) is 31.9 Å². The molecule has 0 aliphatic carbocycles. The van der Waals surface area contributed by atoms with E-state index < -0.39 is 0 Å². The average molecular weight is 326 g/mol. The van der Waals surface area contributed by atoms with Crippen LogP contribution in [0.15, 0.2) is 66.7 Å². The van der Waals surface area contributed by atoms with Crippen molar-refractivity contribution in [3.63, 3.8) is 0 Å². The maximum Gasteiger partial charge on any atom is 0.101 e. The molecule has 0 aliphatic rings. The van der Waals surface area contributed by atoms with Gasteiger partial charge in [-0.15, -0.1) is 0 Å². The summed E-state index contributed by atoms with van der Waals surface area (Å²) in [6.45, 7) is 6.61. The van der Waals surface area contributed by atoms with Crippen LogP contribution in [0.4, 0.5) is 5.69 Å². The number of anilines is 1. The number of benzene rings is 3. The molecule has 2 heteroatoms. The molecule has 2 nitrogen and oxygen atoms in total. The summed E-state index contributed by atoms with van der Waals surface area (Å²) >= 11 is 0. The van der Waals surface area contributed by atoms with E-state index in [2.05, 4.69) is 57.2 Å². The summed E-state index contributed by atoms with van der Waals surface area (Å²) in [7, 11) is 0. The Hall–Kier alpha value is -3.05. The molecular weight excluding hydrogens is 304 g/mol. The molecular formula is C23H22N2. The number of nitrogens with zero attached hydrogens (tertiary/aromatic N) is 1. The molecule has 124 valence electrons. The second kappa shape index (κ2) is 6.45. The number of nitriles is 1. The summed E-state index contributed by atoms with van der Waals surface area (Å²) in [5.41, 5.74) is 12.8.